The fourth-order valence-electron chi connectivity index (χ4n) is 3.84. The fourth-order valence-corrected chi connectivity index (χ4v) is 4.62. The van der Waals surface area contributed by atoms with Crippen LogP contribution < -0.4 is 10.0 Å². The average Bonchev–Trinajstić information content (AvgIpc) is 3.18. The van der Waals surface area contributed by atoms with Crippen molar-refractivity contribution in [3.63, 3.8) is 0 Å². The fraction of sp³-hybridized carbons (Fsp3) is 0.160. The third kappa shape index (κ3) is 6.89. The summed E-state index contributed by atoms with van der Waals surface area (Å²) in [5.74, 6) is -1.43. The van der Waals surface area contributed by atoms with E-state index in [1.807, 2.05) is 0 Å². The Bertz CT molecular complexity index is 1590. The van der Waals surface area contributed by atoms with Gasteiger partial charge in [0.2, 0.25) is 10.0 Å². The maximum Gasteiger partial charge on any atom is 0.257 e. The standard InChI is InChI=1S/C25H22ClF2N5O3S/c1-33-14-17(25(34)31-21-8-18(26)9-22(10-21)32-37(2,35)36)7-23(33)24-16(6-20(28)13-30-24)4-3-15-5-19(27)12-29-11-15/h5-14,32H,3-4H2,1-2H3,(H,31,34). The van der Waals surface area contributed by atoms with Crippen molar-refractivity contribution in [2.24, 2.45) is 7.05 Å². The lowest BCUT2D eigenvalue weighted by Crippen LogP contribution is -2.13. The molecular weight excluding hydrogens is 524 g/mol. The molecule has 0 fully saturated rings. The lowest BCUT2D eigenvalue weighted by molar-refractivity contribution is 0.102. The van der Waals surface area contributed by atoms with Crippen LogP contribution in [0.3, 0.4) is 0 Å². The van der Waals surface area contributed by atoms with Crippen LogP contribution in [-0.4, -0.2) is 35.1 Å². The summed E-state index contributed by atoms with van der Waals surface area (Å²) in [6.45, 7) is 0. The van der Waals surface area contributed by atoms with Gasteiger partial charge in [0, 0.05) is 30.2 Å². The summed E-state index contributed by atoms with van der Waals surface area (Å²) in [6.07, 6.45) is 7.14. The van der Waals surface area contributed by atoms with Crippen molar-refractivity contribution in [3.05, 3.63) is 94.5 Å². The van der Waals surface area contributed by atoms with Gasteiger partial charge < -0.3 is 9.88 Å². The van der Waals surface area contributed by atoms with Crippen molar-refractivity contribution in [3.8, 4) is 11.4 Å². The number of benzene rings is 1. The van der Waals surface area contributed by atoms with E-state index in [-0.39, 0.29) is 10.7 Å². The van der Waals surface area contributed by atoms with Crippen LogP contribution in [-0.2, 0) is 29.9 Å². The summed E-state index contributed by atoms with van der Waals surface area (Å²) >= 11 is 6.08. The zero-order chi connectivity index (χ0) is 26.7. The van der Waals surface area contributed by atoms with Gasteiger partial charge in [-0.3, -0.25) is 19.5 Å². The highest BCUT2D eigenvalue weighted by atomic mass is 35.5. The zero-order valence-corrected chi connectivity index (χ0v) is 21.4. The highest BCUT2D eigenvalue weighted by molar-refractivity contribution is 7.92. The molecule has 0 atom stereocenters. The van der Waals surface area contributed by atoms with E-state index in [2.05, 4.69) is 20.0 Å². The number of aryl methyl sites for hydroxylation is 3. The van der Waals surface area contributed by atoms with Crippen molar-refractivity contribution < 1.29 is 22.0 Å². The molecule has 4 rings (SSSR count). The molecule has 0 spiro atoms. The van der Waals surface area contributed by atoms with E-state index >= 15 is 0 Å². The van der Waals surface area contributed by atoms with E-state index in [1.54, 1.807) is 30.1 Å². The summed E-state index contributed by atoms with van der Waals surface area (Å²) in [6, 6.07) is 8.69. The number of amides is 1. The Hall–Kier alpha value is -3.83. The molecule has 8 nitrogen and oxygen atoms in total. The first-order valence-corrected chi connectivity index (χ1v) is 13.2. The van der Waals surface area contributed by atoms with Crippen LogP contribution in [0, 0.1) is 11.6 Å². The second kappa shape index (κ2) is 10.7. The van der Waals surface area contributed by atoms with E-state index in [0.29, 0.717) is 46.6 Å². The largest absolute Gasteiger partial charge is 0.348 e. The summed E-state index contributed by atoms with van der Waals surface area (Å²) < 4.78 is 54.6. The van der Waals surface area contributed by atoms with Crippen LogP contribution in [0.25, 0.3) is 11.4 Å². The van der Waals surface area contributed by atoms with Gasteiger partial charge in [-0.15, -0.1) is 0 Å². The van der Waals surface area contributed by atoms with Crippen molar-refractivity contribution in [1.29, 1.82) is 0 Å². The number of halogens is 3. The smallest absolute Gasteiger partial charge is 0.257 e. The maximum absolute atomic E-state index is 14.0. The molecule has 1 amide bonds. The number of sulfonamides is 1. The van der Waals surface area contributed by atoms with Gasteiger partial charge in [0.15, 0.2) is 0 Å². The van der Waals surface area contributed by atoms with E-state index in [4.69, 9.17) is 11.6 Å². The Morgan fingerprint density at radius 1 is 1.00 bits per heavy atom. The van der Waals surface area contributed by atoms with Crippen LogP contribution in [0.2, 0.25) is 5.02 Å². The van der Waals surface area contributed by atoms with Crippen LogP contribution in [0.4, 0.5) is 20.2 Å². The normalized spacial score (nSPS) is 11.4. The topological polar surface area (TPSA) is 106 Å². The van der Waals surface area contributed by atoms with Crippen molar-refractivity contribution in [1.82, 2.24) is 14.5 Å². The van der Waals surface area contributed by atoms with E-state index in [1.165, 1.54) is 30.3 Å². The molecule has 12 heteroatoms. The molecule has 3 aromatic heterocycles. The minimum atomic E-state index is -3.54. The van der Waals surface area contributed by atoms with Gasteiger partial charge in [0.25, 0.3) is 5.91 Å². The number of aromatic nitrogens is 3. The van der Waals surface area contributed by atoms with Crippen LogP contribution in [0.5, 0.6) is 0 Å². The van der Waals surface area contributed by atoms with E-state index < -0.39 is 27.6 Å². The van der Waals surface area contributed by atoms with Crippen molar-refractivity contribution in [2.45, 2.75) is 12.8 Å². The SMILES string of the molecule is Cn1cc(C(=O)Nc2cc(Cl)cc(NS(C)(=O)=O)c2)cc1-c1ncc(F)cc1CCc1cncc(F)c1. The zero-order valence-electron chi connectivity index (χ0n) is 19.8. The molecule has 0 saturated heterocycles. The minimum Gasteiger partial charge on any atom is -0.348 e. The summed E-state index contributed by atoms with van der Waals surface area (Å²) in [5.41, 5.74) is 3.09. The quantitative estimate of drug-likeness (QED) is 0.330. The molecule has 0 aliphatic carbocycles. The predicted octanol–water partition coefficient (Wildman–Crippen LogP) is 4.82. The van der Waals surface area contributed by atoms with Gasteiger partial charge in [-0.1, -0.05) is 11.6 Å². The number of pyridine rings is 2. The first-order chi connectivity index (χ1) is 17.5. The number of hydrogen-bond acceptors (Lipinski definition) is 5. The number of nitrogens with zero attached hydrogens (tertiary/aromatic N) is 3. The second-order valence-electron chi connectivity index (χ2n) is 8.45. The average molecular weight is 546 g/mol. The number of carbonyl (C=O) groups excluding carboxylic acids is 1. The number of nitrogens with one attached hydrogen (secondary N) is 2. The Morgan fingerprint density at radius 2 is 1.73 bits per heavy atom. The molecule has 0 radical (unpaired) electrons. The van der Waals surface area contributed by atoms with Gasteiger partial charge >= 0.3 is 0 Å². The number of hydrogen-bond donors (Lipinski definition) is 2. The molecule has 0 bridgehead atoms. The Labute approximate surface area is 217 Å². The predicted molar refractivity (Wildman–Crippen MR) is 138 cm³/mol. The first kappa shape index (κ1) is 26.2. The molecule has 0 unspecified atom stereocenters. The first-order valence-electron chi connectivity index (χ1n) is 11.0. The lowest BCUT2D eigenvalue weighted by Gasteiger charge is -2.10. The van der Waals surface area contributed by atoms with Gasteiger partial charge in [-0.25, -0.2) is 17.2 Å². The van der Waals surface area contributed by atoms with Crippen LogP contribution >= 0.6 is 11.6 Å². The highest BCUT2D eigenvalue weighted by Crippen LogP contribution is 2.27. The molecule has 0 aliphatic rings. The van der Waals surface area contributed by atoms with Gasteiger partial charge in [0.05, 0.1) is 41.3 Å². The molecule has 4 aromatic rings. The monoisotopic (exact) mass is 545 g/mol. The summed E-state index contributed by atoms with van der Waals surface area (Å²) in [7, 11) is -1.81. The molecular formula is C25H22ClF2N5O3S. The number of carbonyl (C=O) groups is 1. The van der Waals surface area contributed by atoms with Crippen molar-refractivity contribution in [2.75, 3.05) is 16.3 Å². The minimum absolute atomic E-state index is 0.202. The third-order valence-electron chi connectivity index (χ3n) is 5.35. The van der Waals surface area contributed by atoms with Gasteiger partial charge in [-0.05, 0) is 60.4 Å². The van der Waals surface area contributed by atoms with E-state index in [0.717, 1.165) is 18.6 Å². The van der Waals surface area contributed by atoms with Crippen LogP contribution in [0.1, 0.15) is 21.5 Å². The van der Waals surface area contributed by atoms with Crippen molar-refractivity contribution >= 4 is 38.9 Å². The lowest BCUT2D eigenvalue weighted by atomic mass is 10.0. The molecule has 0 aliphatic heterocycles. The molecule has 0 saturated carbocycles. The third-order valence-corrected chi connectivity index (χ3v) is 6.17. The molecule has 192 valence electrons. The summed E-state index contributed by atoms with van der Waals surface area (Å²) in [5, 5.41) is 2.93. The Morgan fingerprint density at radius 3 is 2.46 bits per heavy atom. The maximum atomic E-state index is 14.0. The number of rotatable bonds is 8. The van der Waals surface area contributed by atoms with Gasteiger partial charge in [-0.2, -0.15) is 0 Å². The molecule has 37 heavy (non-hydrogen) atoms. The molecule has 1 aromatic carbocycles. The summed E-state index contributed by atoms with van der Waals surface area (Å²) in [4.78, 5) is 21.1. The second-order valence-corrected chi connectivity index (χ2v) is 10.6. The molecule has 2 N–H and O–H groups in total. The highest BCUT2D eigenvalue weighted by Gasteiger charge is 2.17. The van der Waals surface area contributed by atoms with Gasteiger partial charge in [0.1, 0.15) is 11.6 Å². The Balaban J connectivity index is 1.58. The van der Waals surface area contributed by atoms with Crippen LogP contribution in [0.15, 0.2) is 61.2 Å². The number of anilines is 2. The Kier molecular flexibility index (Phi) is 7.55. The van der Waals surface area contributed by atoms with E-state index in [9.17, 15) is 22.0 Å². The molecule has 3 heterocycles.